The highest BCUT2D eigenvalue weighted by atomic mass is 35.5. The second-order valence-corrected chi connectivity index (χ2v) is 6.28. The standard InChI is InChI=1S/C18H18Cl2N2O2/c1-13(23)22(17-9-8-15(19)10-16(17)20)12-18(24)21(2)11-14-6-4-3-5-7-14/h3-10H,11-12H2,1-2H3. The zero-order valence-corrected chi connectivity index (χ0v) is 15.0. The topological polar surface area (TPSA) is 40.6 Å². The first kappa shape index (κ1) is 18.3. The number of nitrogens with zero attached hydrogens (tertiary/aromatic N) is 2. The molecule has 2 aromatic carbocycles. The molecule has 0 aliphatic rings. The number of hydrogen-bond acceptors (Lipinski definition) is 2. The van der Waals surface area contributed by atoms with Gasteiger partial charge < -0.3 is 9.80 Å². The molecule has 0 atom stereocenters. The second-order valence-electron chi connectivity index (χ2n) is 5.44. The van der Waals surface area contributed by atoms with Crippen molar-refractivity contribution in [1.82, 2.24) is 4.90 Å². The molecule has 2 rings (SSSR count). The SMILES string of the molecule is CC(=O)N(CC(=O)N(C)Cc1ccccc1)c1ccc(Cl)cc1Cl. The van der Waals surface area contributed by atoms with Crippen LogP contribution < -0.4 is 4.90 Å². The van der Waals surface area contributed by atoms with Gasteiger partial charge in [-0.3, -0.25) is 9.59 Å². The summed E-state index contributed by atoms with van der Waals surface area (Å²) in [6, 6.07) is 14.5. The number of halogens is 2. The molecular weight excluding hydrogens is 347 g/mol. The highest BCUT2D eigenvalue weighted by Gasteiger charge is 2.20. The fourth-order valence-electron chi connectivity index (χ4n) is 2.27. The molecule has 24 heavy (non-hydrogen) atoms. The van der Waals surface area contributed by atoms with Crippen molar-refractivity contribution in [1.29, 1.82) is 0 Å². The third-order valence-corrected chi connectivity index (χ3v) is 4.10. The quantitative estimate of drug-likeness (QED) is 0.804. The molecule has 6 heteroatoms. The van der Waals surface area contributed by atoms with E-state index in [4.69, 9.17) is 23.2 Å². The van der Waals surface area contributed by atoms with Gasteiger partial charge in [0.25, 0.3) is 0 Å². The third-order valence-electron chi connectivity index (χ3n) is 3.56. The first-order valence-corrected chi connectivity index (χ1v) is 8.15. The summed E-state index contributed by atoms with van der Waals surface area (Å²) in [6.07, 6.45) is 0. The molecule has 0 saturated heterocycles. The fraction of sp³-hybridized carbons (Fsp3) is 0.222. The lowest BCUT2D eigenvalue weighted by molar-refractivity contribution is -0.130. The predicted octanol–water partition coefficient (Wildman–Crippen LogP) is 4.00. The molecule has 2 amide bonds. The van der Waals surface area contributed by atoms with E-state index in [1.165, 1.54) is 11.8 Å². The van der Waals surface area contributed by atoms with Gasteiger partial charge in [-0.05, 0) is 23.8 Å². The molecule has 0 spiro atoms. The van der Waals surface area contributed by atoms with Crippen LogP contribution in [0.25, 0.3) is 0 Å². The molecule has 0 aliphatic carbocycles. The lowest BCUT2D eigenvalue weighted by Crippen LogP contribution is -2.40. The predicted molar refractivity (Wildman–Crippen MR) is 97.4 cm³/mol. The molecule has 0 fully saturated rings. The minimum absolute atomic E-state index is 0.0833. The number of amides is 2. The summed E-state index contributed by atoms with van der Waals surface area (Å²) in [4.78, 5) is 27.4. The van der Waals surface area contributed by atoms with Crippen molar-refractivity contribution in [3.05, 3.63) is 64.1 Å². The molecule has 126 valence electrons. The van der Waals surface area contributed by atoms with Crippen LogP contribution in [0, 0.1) is 0 Å². The van der Waals surface area contributed by atoms with Crippen molar-refractivity contribution < 1.29 is 9.59 Å². The molecule has 0 radical (unpaired) electrons. The normalized spacial score (nSPS) is 10.3. The number of hydrogen-bond donors (Lipinski definition) is 0. The Bertz CT molecular complexity index is 735. The van der Waals surface area contributed by atoms with Crippen molar-refractivity contribution in [2.75, 3.05) is 18.5 Å². The van der Waals surface area contributed by atoms with Crippen LogP contribution >= 0.6 is 23.2 Å². The maximum absolute atomic E-state index is 12.5. The monoisotopic (exact) mass is 364 g/mol. The van der Waals surface area contributed by atoms with Gasteiger partial charge in [-0.1, -0.05) is 53.5 Å². The summed E-state index contributed by atoms with van der Waals surface area (Å²) >= 11 is 12.0. The Morgan fingerprint density at radius 1 is 1.04 bits per heavy atom. The zero-order chi connectivity index (χ0) is 17.7. The molecule has 0 heterocycles. The van der Waals surface area contributed by atoms with Gasteiger partial charge in [-0.2, -0.15) is 0 Å². The molecular formula is C18H18Cl2N2O2. The van der Waals surface area contributed by atoms with Crippen LogP contribution in [0.4, 0.5) is 5.69 Å². The largest absolute Gasteiger partial charge is 0.340 e. The number of carbonyl (C=O) groups excluding carboxylic acids is 2. The summed E-state index contributed by atoms with van der Waals surface area (Å²) in [5.41, 5.74) is 1.49. The second kappa shape index (κ2) is 8.18. The minimum atomic E-state index is -0.263. The van der Waals surface area contributed by atoms with Crippen LogP contribution in [0.2, 0.25) is 10.0 Å². The Morgan fingerprint density at radius 2 is 1.71 bits per heavy atom. The van der Waals surface area contributed by atoms with Crippen molar-refractivity contribution >= 4 is 40.7 Å². The number of likely N-dealkylation sites (N-methyl/N-ethyl adjacent to an activating group) is 1. The average Bonchev–Trinajstić information content (AvgIpc) is 2.53. The number of anilines is 1. The fourth-order valence-corrected chi connectivity index (χ4v) is 2.78. The maximum atomic E-state index is 12.5. The van der Waals surface area contributed by atoms with E-state index >= 15 is 0 Å². The molecule has 0 bridgehead atoms. The van der Waals surface area contributed by atoms with Gasteiger partial charge in [0.1, 0.15) is 6.54 Å². The average molecular weight is 365 g/mol. The van der Waals surface area contributed by atoms with Crippen molar-refractivity contribution in [3.8, 4) is 0 Å². The van der Waals surface area contributed by atoms with E-state index in [2.05, 4.69) is 0 Å². The molecule has 0 aromatic heterocycles. The van der Waals surface area contributed by atoms with Crippen LogP contribution in [0.3, 0.4) is 0 Å². The summed E-state index contributed by atoms with van der Waals surface area (Å²) in [6.45, 7) is 1.79. The molecule has 0 N–H and O–H groups in total. The maximum Gasteiger partial charge on any atom is 0.242 e. The van der Waals surface area contributed by atoms with E-state index in [0.717, 1.165) is 5.56 Å². The highest BCUT2D eigenvalue weighted by Crippen LogP contribution is 2.29. The van der Waals surface area contributed by atoms with Gasteiger partial charge in [-0.25, -0.2) is 0 Å². The Labute approximate surface area is 151 Å². The van der Waals surface area contributed by atoms with E-state index in [9.17, 15) is 9.59 Å². The Kier molecular flexibility index (Phi) is 6.23. The third kappa shape index (κ3) is 4.73. The molecule has 0 unspecified atom stereocenters. The van der Waals surface area contributed by atoms with Gasteiger partial charge in [0.2, 0.25) is 11.8 Å². The van der Waals surface area contributed by atoms with E-state index in [1.807, 2.05) is 30.3 Å². The summed E-state index contributed by atoms with van der Waals surface area (Å²) in [7, 11) is 1.71. The lowest BCUT2D eigenvalue weighted by Gasteiger charge is -2.25. The van der Waals surface area contributed by atoms with Gasteiger partial charge in [0, 0.05) is 25.5 Å². The van der Waals surface area contributed by atoms with E-state index in [1.54, 1.807) is 30.1 Å². The summed E-state index contributed by atoms with van der Waals surface area (Å²) in [5, 5.41) is 0.802. The van der Waals surface area contributed by atoms with E-state index in [-0.39, 0.29) is 18.4 Å². The molecule has 0 saturated carbocycles. The van der Waals surface area contributed by atoms with Crippen LogP contribution in [0.5, 0.6) is 0 Å². The zero-order valence-electron chi connectivity index (χ0n) is 13.5. The van der Waals surface area contributed by atoms with E-state index in [0.29, 0.717) is 22.3 Å². The van der Waals surface area contributed by atoms with Crippen LogP contribution in [-0.4, -0.2) is 30.3 Å². The number of rotatable bonds is 5. The first-order chi connectivity index (χ1) is 11.4. The van der Waals surface area contributed by atoms with Gasteiger partial charge in [0.05, 0.1) is 10.7 Å². The van der Waals surface area contributed by atoms with Crippen LogP contribution in [-0.2, 0) is 16.1 Å². The molecule has 4 nitrogen and oxygen atoms in total. The Morgan fingerprint density at radius 3 is 2.29 bits per heavy atom. The van der Waals surface area contributed by atoms with E-state index < -0.39 is 0 Å². The lowest BCUT2D eigenvalue weighted by atomic mass is 10.2. The summed E-state index contributed by atoms with van der Waals surface area (Å²) < 4.78 is 0. The van der Waals surface area contributed by atoms with Gasteiger partial charge >= 0.3 is 0 Å². The van der Waals surface area contributed by atoms with Crippen molar-refractivity contribution in [3.63, 3.8) is 0 Å². The minimum Gasteiger partial charge on any atom is -0.340 e. The molecule has 0 aliphatic heterocycles. The summed E-state index contributed by atoms with van der Waals surface area (Å²) in [5.74, 6) is -0.444. The molecule has 2 aromatic rings. The van der Waals surface area contributed by atoms with Crippen LogP contribution in [0.15, 0.2) is 48.5 Å². The van der Waals surface area contributed by atoms with Crippen molar-refractivity contribution in [2.45, 2.75) is 13.5 Å². The van der Waals surface area contributed by atoms with Crippen LogP contribution in [0.1, 0.15) is 12.5 Å². The smallest absolute Gasteiger partial charge is 0.242 e. The number of carbonyl (C=O) groups is 2. The first-order valence-electron chi connectivity index (χ1n) is 7.39. The number of benzene rings is 2. The Balaban J connectivity index is 2.12. The van der Waals surface area contributed by atoms with Crippen molar-refractivity contribution in [2.24, 2.45) is 0 Å². The Hall–Kier alpha value is -2.04. The van der Waals surface area contributed by atoms with Gasteiger partial charge in [-0.15, -0.1) is 0 Å². The van der Waals surface area contributed by atoms with Gasteiger partial charge in [0.15, 0.2) is 0 Å². The highest BCUT2D eigenvalue weighted by molar-refractivity contribution is 6.36.